The van der Waals surface area contributed by atoms with Gasteiger partial charge in [0.1, 0.15) is 4.90 Å². The van der Waals surface area contributed by atoms with E-state index in [2.05, 4.69) is 15.3 Å². The first-order valence-electron chi connectivity index (χ1n) is 10.5. The van der Waals surface area contributed by atoms with Crippen molar-refractivity contribution in [3.8, 4) is 11.3 Å². The second kappa shape index (κ2) is 9.82. The molecule has 0 radical (unpaired) electrons. The standard InChI is InChI=1S/C23H22N4O5S2/c1-3-27-18-12-8-6-10-16(18)21-19(34(27,30)31)13-24-23(26-21)33-14-20(28)25-17-11-7-5-9-15(17)22(29)32-4-2/h5-13H,3-4,14H2,1-2H3,(H,25,28). The first-order chi connectivity index (χ1) is 16.4. The predicted octanol–water partition coefficient (Wildman–Crippen LogP) is 3.58. The fourth-order valence-electron chi connectivity index (χ4n) is 3.58. The van der Waals surface area contributed by atoms with Gasteiger partial charge in [-0.05, 0) is 32.0 Å². The van der Waals surface area contributed by atoms with Gasteiger partial charge in [-0.15, -0.1) is 0 Å². The third kappa shape index (κ3) is 4.48. The summed E-state index contributed by atoms with van der Waals surface area (Å²) in [5, 5.41) is 2.97. The van der Waals surface area contributed by atoms with Crippen molar-refractivity contribution in [2.24, 2.45) is 0 Å². The highest BCUT2D eigenvalue weighted by atomic mass is 32.2. The number of aromatic nitrogens is 2. The van der Waals surface area contributed by atoms with E-state index >= 15 is 0 Å². The van der Waals surface area contributed by atoms with Crippen molar-refractivity contribution < 1.29 is 22.7 Å². The highest BCUT2D eigenvalue weighted by Gasteiger charge is 2.35. The number of ether oxygens (including phenoxy) is 1. The molecule has 3 aromatic rings. The number of nitrogens with one attached hydrogen (secondary N) is 1. The SMILES string of the molecule is CCOC(=O)c1ccccc1NC(=O)CSc1ncc2c(n1)-c1ccccc1N(CC)S2(=O)=O. The third-order valence-corrected chi connectivity index (χ3v) is 7.80. The number of amides is 1. The average Bonchev–Trinajstić information content (AvgIpc) is 2.83. The van der Waals surface area contributed by atoms with Crippen LogP contribution in [0.25, 0.3) is 11.3 Å². The molecule has 1 amide bonds. The third-order valence-electron chi connectivity index (χ3n) is 5.05. The molecule has 176 valence electrons. The molecule has 9 nitrogen and oxygen atoms in total. The normalized spacial score (nSPS) is 13.5. The molecule has 34 heavy (non-hydrogen) atoms. The molecule has 1 aliphatic heterocycles. The van der Waals surface area contributed by atoms with Gasteiger partial charge in [-0.1, -0.05) is 42.1 Å². The first-order valence-corrected chi connectivity index (χ1v) is 13.0. The molecule has 0 atom stereocenters. The number of anilines is 2. The molecule has 0 saturated carbocycles. The summed E-state index contributed by atoms with van der Waals surface area (Å²) in [6.45, 7) is 3.98. The van der Waals surface area contributed by atoms with Crippen molar-refractivity contribution in [3.05, 3.63) is 60.3 Å². The number of rotatable bonds is 7. The maximum absolute atomic E-state index is 13.0. The molecular weight excluding hydrogens is 476 g/mol. The summed E-state index contributed by atoms with van der Waals surface area (Å²) in [6, 6.07) is 13.7. The number of nitrogens with zero attached hydrogens (tertiary/aromatic N) is 3. The summed E-state index contributed by atoms with van der Waals surface area (Å²) >= 11 is 1.07. The van der Waals surface area contributed by atoms with Crippen LogP contribution in [-0.4, -0.2) is 49.2 Å². The lowest BCUT2D eigenvalue weighted by molar-refractivity contribution is -0.113. The highest BCUT2D eigenvalue weighted by molar-refractivity contribution is 7.99. The number of hydrogen-bond acceptors (Lipinski definition) is 8. The Labute approximate surface area is 201 Å². The van der Waals surface area contributed by atoms with Gasteiger partial charge in [0.2, 0.25) is 5.91 Å². The summed E-state index contributed by atoms with van der Waals surface area (Å²) in [6.07, 6.45) is 1.28. The lowest BCUT2D eigenvalue weighted by atomic mass is 10.1. The summed E-state index contributed by atoms with van der Waals surface area (Å²) in [4.78, 5) is 33.3. The van der Waals surface area contributed by atoms with Crippen LogP contribution in [0.2, 0.25) is 0 Å². The minimum atomic E-state index is -3.78. The highest BCUT2D eigenvalue weighted by Crippen LogP contribution is 2.41. The van der Waals surface area contributed by atoms with Crippen molar-refractivity contribution in [2.45, 2.75) is 23.9 Å². The largest absolute Gasteiger partial charge is 0.462 e. The van der Waals surface area contributed by atoms with Crippen LogP contribution >= 0.6 is 11.8 Å². The van der Waals surface area contributed by atoms with Crippen LogP contribution in [-0.2, 0) is 19.6 Å². The Kier molecular flexibility index (Phi) is 6.85. The summed E-state index contributed by atoms with van der Waals surface area (Å²) in [5.74, 6) is -0.927. The molecule has 0 fully saturated rings. The zero-order chi connectivity index (χ0) is 24.3. The van der Waals surface area contributed by atoms with Crippen LogP contribution in [0.3, 0.4) is 0 Å². The van der Waals surface area contributed by atoms with Crippen molar-refractivity contribution in [1.29, 1.82) is 0 Å². The second-order valence-electron chi connectivity index (χ2n) is 7.16. The maximum atomic E-state index is 13.0. The van der Waals surface area contributed by atoms with E-state index in [9.17, 15) is 18.0 Å². The van der Waals surface area contributed by atoms with Crippen LogP contribution in [0.15, 0.2) is 64.8 Å². The summed E-state index contributed by atoms with van der Waals surface area (Å²) in [5.41, 5.74) is 2.16. The van der Waals surface area contributed by atoms with E-state index in [0.29, 0.717) is 22.6 Å². The van der Waals surface area contributed by atoms with Gasteiger partial charge in [0, 0.05) is 12.1 Å². The Morgan fingerprint density at radius 1 is 1.09 bits per heavy atom. The zero-order valence-electron chi connectivity index (χ0n) is 18.5. The molecule has 4 rings (SSSR count). The minimum Gasteiger partial charge on any atom is -0.462 e. The molecule has 1 aliphatic rings. The van der Waals surface area contributed by atoms with Gasteiger partial charge in [-0.2, -0.15) is 0 Å². The predicted molar refractivity (Wildman–Crippen MR) is 129 cm³/mol. The molecule has 2 heterocycles. The Morgan fingerprint density at radius 2 is 1.82 bits per heavy atom. The van der Waals surface area contributed by atoms with Crippen molar-refractivity contribution >= 4 is 45.0 Å². The molecular formula is C23H22N4O5S2. The van der Waals surface area contributed by atoms with E-state index in [-0.39, 0.29) is 40.4 Å². The quantitative estimate of drug-likeness (QED) is 0.298. The fourth-order valence-corrected chi connectivity index (χ4v) is 5.78. The smallest absolute Gasteiger partial charge is 0.340 e. The van der Waals surface area contributed by atoms with Crippen molar-refractivity contribution in [3.63, 3.8) is 0 Å². The summed E-state index contributed by atoms with van der Waals surface area (Å²) < 4.78 is 32.5. The van der Waals surface area contributed by atoms with Gasteiger partial charge in [0.15, 0.2) is 5.16 Å². The van der Waals surface area contributed by atoms with Gasteiger partial charge in [-0.25, -0.2) is 23.2 Å². The van der Waals surface area contributed by atoms with Crippen molar-refractivity contribution in [2.75, 3.05) is 28.5 Å². The minimum absolute atomic E-state index is 0.0326. The van der Waals surface area contributed by atoms with Crippen molar-refractivity contribution in [1.82, 2.24) is 9.97 Å². The number of carbonyl (C=O) groups excluding carboxylic acids is 2. The average molecular weight is 499 g/mol. The number of esters is 1. The van der Waals surface area contributed by atoms with E-state index in [0.717, 1.165) is 11.8 Å². The second-order valence-corrected chi connectivity index (χ2v) is 9.93. The molecule has 1 aromatic heterocycles. The molecule has 0 unspecified atom stereocenters. The van der Waals surface area contributed by atoms with E-state index in [4.69, 9.17) is 4.74 Å². The Morgan fingerprint density at radius 3 is 2.59 bits per heavy atom. The Balaban J connectivity index is 1.54. The number of fused-ring (bicyclic) bond motifs is 3. The molecule has 0 aliphatic carbocycles. The van der Waals surface area contributed by atoms with Crippen LogP contribution in [0.5, 0.6) is 0 Å². The molecule has 1 N–H and O–H groups in total. The van der Waals surface area contributed by atoms with Gasteiger partial charge in [0.05, 0.1) is 41.2 Å². The number of para-hydroxylation sites is 2. The zero-order valence-corrected chi connectivity index (χ0v) is 20.1. The van der Waals surface area contributed by atoms with Crippen LogP contribution < -0.4 is 9.62 Å². The monoisotopic (exact) mass is 498 g/mol. The lowest BCUT2D eigenvalue weighted by Crippen LogP contribution is -2.34. The summed E-state index contributed by atoms with van der Waals surface area (Å²) in [7, 11) is -3.78. The topological polar surface area (TPSA) is 119 Å². The molecule has 0 saturated heterocycles. The fraction of sp³-hybridized carbons (Fsp3) is 0.217. The van der Waals surface area contributed by atoms with Crippen LogP contribution in [0.1, 0.15) is 24.2 Å². The number of hydrogen-bond donors (Lipinski definition) is 1. The Bertz CT molecular complexity index is 1360. The van der Waals surface area contributed by atoms with E-state index in [1.165, 1.54) is 10.5 Å². The van der Waals surface area contributed by atoms with Gasteiger partial charge >= 0.3 is 5.97 Å². The molecule has 0 spiro atoms. The molecule has 11 heteroatoms. The van der Waals surface area contributed by atoms with E-state index in [1.54, 1.807) is 50.2 Å². The van der Waals surface area contributed by atoms with E-state index in [1.807, 2.05) is 12.1 Å². The van der Waals surface area contributed by atoms with Crippen LogP contribution in [0.4, 0.5) is 11.4 Å². The first kappa shape index (κ1) is 23.7. The van der Waals surface area contributed by atoms with Crippen LogP contribution in [0, 0.1) is 0 Å². The maximum Gasteiger partial charge on any atom is 0.340 e. The lowest BCUT2D eigenvalue weighted by Gasteiger charge is -2.30. The number of sulfonamides is 1. The number of carbonyl (C=O) groups is 2. The molecule has 2 aromatic carbocycles. The van der Waals surface area contributed by atoms with Gasteiger partial charge in [0.25, 0.3) is 10.0 Å². The Hall–Kier alpha value is -3.44. The molecule has 0 bridgehead atoms. The number of benzene rings is 2. The van der Waals surface area contributed by atoms with Gasteiger partial charge in [-0.3, -0.25) is 9.10 Å². The van der Waals surface area contributed by atoms with Gasteiger partial charge < -0.3 is 10.1 Å². The number of thioether (sulfide) groups is 1. The van der Waals surface area contributed by atoms with E-state index < -0.39 is 16.0 Å².